The number of hydrogen-bond acceptors (Lipinski definition) is 3. The van der Waals surface area contributed by atoms with Crippen LogP contribution in [0.25, 0.3) is 0 Å². The van der Waals surface area contributed by atoms with Crippen LogP contribution in [0, 0.1) is 5.92 Å². The summed E-state index contributed by atoms with van der Waals surface area (Å²) in [6.07, 6.45) is 0. The lowest BCUT2D eigenvalue weighted by atomic mass is 10.0. The van der Waals surface area contributed by atoms with Crippen molar-refractivity contribution in [1.82, 2.24) is 0 Å². The molecule has 0 spiro atoms. The van der Waals surface area contributed by atoms with E-state index in [9.17, 15) is 9.59 Å². The molecule has 1 rings (SSSR count). The molecule has 0 heterocycles. The maximum Gasteiger partial charge on any atom is 0.259 e. The highest BCUT2D eigenvalue weighted by Crippen LogP contribution is 2.13. The van der Waals surface area contributed by atoms with Crippen molar-refractivity contribution in [1.29, 1.82) is 0 Å². The van der Waals surface area contributed by atoms with E-state index in [4.69, 9.17) is 0 Å². The van der Waals surface area contributed by atoms with Gasteiger partial charge in [0.2, 0.25) is 0 Å². The van der Waals surface area contributed by atoms with Gasteiger partial charge in [0.15, 0.2) is 5.78 Å². The van der Waals surface area contributed by atoms with Gasteiger partial charge in [-0.2, -0.15) is 0 Å². The fraction of sp³-hybridized carbons (Fsp3) is 0.250. The maximum absolute atomic E-state index is 11.6. The normalized spacial score (nSPS) is 9.94. The number of anilines is 1. The van der Waals surface area contributed by atoms with Crippen LogP contribution < -0.4 is 5.32 Å². The Morgan fingerprint density at radius 1 is 1.25 bits per heavy atom. The van der Waals surface area contributed by atoms with E-state index in [-0.39, 0.29) is 17.6 Å². The van der Waals surface area contributed by atoms with E-state index in [2.05, 4.69) is 17.5 Å². The molecular formula is C12H13NO2S. The van der Waals surface area contributed by atoms with Gasteiger partial charge in [-0.3, -0.25) is 9.59 Å². The van der Waals surface area contributed by atoms with Crippen molar-refractivity contribution in [2.24, 2.45) is 5.92 Å². The third kappa shape index (κ3) is 3.24. The Hall–Kier alpha value is -1.55. The van der Waals surface area contributed by atoms with Crippen LogP contribution in [0.5, 0.6) is 0 Å². The zero-order valence-corrected chi connectivity index (χ0v) is 10.0. The SMILES string of the molecule is CC(C)C(=O)c1ccc(NC(=O)C=S)cc1. The summed E-state index contributed by atoms with van der Waals surface area (Å²) in [4.78, 5) is 22.6. The van der Waals surface area contributed by atoms with Crippen LogP contribution in [0.2, 0.25) is 0 Å². The van der Waals surface area contributed by atoms with Crippen LogP contribution in [0.15, 0.2) is 24.3 Å². The van der Waals surface area contributed by atoms with Crippen LogP contribution >= 0.6 is 12.2 Å². The molecule has 3 nitrogen and oxygen atoms in total. The van der Waals surface area contributed by atoms with Gasteiger partial charge < -0.3 is 5.32 Å². The molecule has 16 heavy (non-hydrogen) atoms. The molecule has 0 aliphatic carbocycles. The highest BCUT2D eigenvalue weighted by atomic mass is 32.1. The molecule has 0 unspecified atom stereocenters. The smallest absolute Gasteiger partial charge is 0.259 e. The van der Waals surface area contributed by atoms with Gasteiger partial charge >= 0.3 is 0 Å². The molecule has 1 aromatic rings. The molecule has 0 aliphatic rings. The van der Waals surface area contributed by atoms with E-state index in [0.29, 0.717) is 11.3 Å². The summed E-state index contributed by atoms with van der Waals surface area (Å²) in [5, 5.41) is 3.61. The van der Waals surface area contributed by atoms with Crippen LogP contribution in [0.3, 0.4) is 0 Å². The first kappa shape index (κ1) is 12.5. The molecule has 1 N–H and O–H groups in total. The minimum Gasteiger partial charge on any atom is -0.322 e. The summed E-state index contributed by atoms with van der Waals surface area (Å²) >= 11 is 4.48. The predicted molar refractivity (Wildman–Crippen MR) is 67.9 cm³/mol. The summed E-state index contributed by atoms with van der Waals surface area (Å²) in [6, 6.07) is 6.77. The lowest BCUT2D eigenvalue weighted by Gasteiger charge is -2.05. The summed E-state index contributed by atoms with van der Waals surface area (Å²) in [6.45, 7) is 3.70. The van der Waals surface area contributed by atoms with Crippen LogP contribution in [-0.4, -0.2) is 17.1 Å². The zero-order chi connectivity index (χ0) is 12.1. The molecule has 0 aliphatic heterocycles. The number of nitrogens with one attached hydrogen (secondary N) is 1. The molecule has 0 fully saturated rings. The Balaban J connectivity index is 2.79. The van der Waals surface area contributed by atoms with Crippen LogP contribution in [-0.2, 0) is 4.79 Å². The second-order valence-corrected chi connectivity index (χ2v) is 3.94. The fourth-order valence-corrected chi connectivity index (χ4v) is 1.28. The van der Waals surface area contributed by atoms with E-state index in [1.165, 1.54) is 0 Å². The quantitative estimate of drug-likeness (QED) is 0.644. The van der Waals surface area contributed by atoms with E-state index >= 15 is 0 Å². The van der Waals surface area contributed by atoms with Gasteiger partial charge in [-0.15, -0.1) is 0 Å². The van der Waals surface area contributed by atoms with Crippen molar-refractivity contribution in [2.45, 2.75) is 13.8 Å². The minimum atomic E-state index is -0.335. The minimum absolute atomic E-state index is 0.0265. The molecule has 0 saturated heterocycles. The van der Waals surface area contributed by atoms with Crippen molar-refractivity contribution in [3.63, 3.8) is 0 Å². The Morgan fingerprint density at radius 3 is 2.25 bits per heavy atom. The summed E-state index contributed by atoms with van der Waals surface area (Å²) in [5.41, 5.74) is 1.28. The average molecular weight is 235 g/mol. The molecule has 4 heteroatoms. The van der Waals surface area contributed by atoms with Gasteiger partial charge in [0, 0.05) is 17.2 Å². The number of thiocarbonyl (C=S) groups is 1. The fourth-order valence-electron chi connectivity index (χ4n) is 1.22. The molecule has 0 bridgehead atoms. The van der Waals surface area contributed by atoms with Crippen molar-refractivity contribution < 1.29 is 9.59 Å². The van der Waals surface area contributed by atoms with E-state index in [1.807, 2.05) is 13.8 Å². The van der Waals surface area contributed by atoms with E-state index in [0.717, 1.165) is 5.37 Å². The number of ketones is 1. The Kier molecular flexibility index (Phi) is 4.31. The lowest BCUT2D eigenvalue weighted by molar-refractivity contribution is -0.109. The average Bonchev–Trinajstić information content (AvgIpc) is 2.28. The number of benzene rings is 1. The van der Waals surface area contributed by atoms with Crippen LogP contribution in [0.4, 0.5) is 5.69 Å². The molecular weight excluding hydrogens is 222 g/mol. The largest absolute Gasteiger partial charge is 0.322 e. The monoisotopic (exact) mass is 235 g/mol. The summed E-state index contributed by atoms with van der Waals surface area (Å²) in [5.74, 6) is -0.271. The number of amides is 1. The third-order valence-corrected chi connectivity index (χ3v) is 2.28. The van der Waals surface area contributed by atoms with Gasteiger partial charge in [0.25, 0.3) is 5.91 Å². The predicted octanol–water partition coefficient (Wildman–Crippen LogP) is 2.46. The molecule has 0 saturated carbocycles. The number of carbonyl (C=O) groups excluding carboxylic acids is 2. The molecule has 0 aromatic heterocycles. The van der Waals surface area contributed by atoms with Crippen LogP contribution in [0.1, 0.15) is 24.2 Å². The van der Waals surface area contributed by atoms with E-state index in [1.54, 1.807) is 24.3 Å². The summed E-state index contributed by atoms with van der Waals surface area (Å²) < 4.78 is 0. The van der Waals surface area contributed by atoms with Gasteiger partial charge in [0.1, 0.15) is 0 Å². The zero-order valence-electron chi connectivity index (χ0n) is 9.19. The number of Topliss-reactive ketones (excluding diaryl/α,β-unsaturated/α-hetero) is 1. The summed E-state index contributed by atoms with van der Waals surface area (Å²) in [7, 11) is 0. The van der Waals surface area contributed by atoms with Gasteiger partial charge in [-0.05, 0) is 24.3 Å². The Bertz CT molecular complexity index is 410. The number of carbonyl (C=O) groups is 2. The lowest BCUT2D eigenvalue weighted by Crippen LogP contribution is -2.12. The highest BCUT2D eigenvalue weighted by molar-refractivity contribution is 7.80. The van der Waals surface area contributed by atoms with Crippen molar-refractivity contribution in [2.75, 3.05) is 5.32 Å². The van der Waals surface area contributed by atoms with E-state index < -0.39 is 0 Å². The van der Waals surface area contributed by atoms with Gasteiger partial charge in [-0.1, -0.05) is 26.1 Å². The second-order valence-electron chi connectivity index (χ2n) is 3.70. The maximum atomic E-state index is 11.6. The Morgan fingerprint density at radius 2 is 1.81 bits per heavy atom. The first-order valence-corrected chi connectivity index (χ1v) is 5.42. The standard InChI is InChI=1S/C12H13NO2S/c1-8(2)12(15)9-3-5-10(6-4-9)13-11(14)7-16/h3-8H,1-2H3,(H,13,14). The molecule has 0 atom stereocenters. The van der Waals surface area contributed by atoms with Gasteiger partial charge in [0.05, 0.1) is 5.37 Å². The molecule has 1 aromatic carbocycles. The molecule has 84 valence electrons. The molecule has 0 radical (unpaired) electrons. The second kappa shape index (κ2) is 5.51. The van der Waals surface area contributed by atoms with Crippen molar-refractivity contribution >= 4 is 35.0 Å². The number of hydrogen-bond donors (Lipinski definition) is 1. The third-order valence-electron chi connectivity index (χ3n) is 2.07. The van der Waals surface area contributed by atoms with Gasteiger partial charge in [-0.25, -0.2) is 0 Å². The van der Waals surface area contributed by atoms with Crippen molar-refractivity contribution in [3.8, 4) is 0 Å². The highest BCUT2D eigenvalue weighted by Gasteiger charge is 2.09. The van der Waals surface area contributed by atoms with Crippen molar-refractivity contribution in [3.05, 3.63) is 29.8 Å². The first-order chi connectivity index (χ1) is 7.54. The topological polar surface area (TPSA) is 46.2 Å². The molecule has 1 amide bonds. The Labute approximate surface area is 99.9 Å². The first-order valence-electron chi connectivity index (χ1n) is 4.95. The number of rotatable bonds is 4.